The molecule has 96 valence electrons. The van der Waals surface area contributed by atoms with Gasteiger partial charge in [-0.15, -0.1) is 0 Å². The van der Waals surface area contributed by atoms with Crippen LogP contribution in [0, 0.1) is 6.92 Å². The van der Waals surface area contributed by atoms with Crippen LogP contribution in [0.25, 0.3) is 0 Å². The molecule has 1 aromatic heterocycles. The van der Waals surface area contributed by atoms with Gasteiger partial charge in [0.2, 0.25) is 0 Å². The van der Waals surface area contributed by atoms with Crippen molar-refractivity contribution in [1.29, 1.82) is 0 Å². The summed E-state index contributed by atoms with van der Waals surface area (Å²) in [5.41, 5.74) is 0. The van der Waals surface area contributed by atoms with Gasteiger partial charge in [0, 0.05) is 25.7 Å². The fraction of sp³-hybridized carbons (Fsp3) is 0.714. The lowest BCUT2D eigenvalue weighted by atomic mass is 10.1. The van der Waals surface area contributed by atoms with E-state index in [-0.39, 0.29) is 0 Å². The van der Waals surface area contributed by atoms with Gasteiger partial charge >= 0.3 is 0 Å². The van der Waals surface area contributed by atoms with Gasteiger partial charge in [-0.3, -0.25) is 4.90 Å². The smallest absolute Gasteiger partial charge is 0.121 e. The van der Waals surface area contributed by atoms with Gasteiger partial charge in [-0.2, -0.15) is 0 Å². The van der Waals surface area contributed by atoms with Crippen LogP contribution in [0.3, 0.4) is 0 Å². The Morgan fingerprint density at radius 3 is 3.00 bits per heavy atom. The van der Waals surface area contributed by atoms with Gasteiger partial charge in [0.05, 0.1) is 6.04 Å². The predicted molar refractivity (Wildman–Crippen MR) is 70.1 cm³/mol. The maximum atomic E-state index is 5.73. The fourth-order valence-electron chi connectivity index (χ4n) is 2.60. The quantitative estimate of drug-likeness (QED) is 0.871. The molecule has 2 unspecified atom stereocenters. The third-order valence-electron chi connectivity index (χ3n) is 3.64. The molecule has 0 amide bonds. The minimum Gasteiger partial charge on any atom is -0.465 e. The van der Waals surface area contributed by atoms with Crippen molar-refractivity contribution in [3.05, 3.63) is 23.7 Å². The first-order valence-corrected chi connectivity index (χ1v) is 6.74. The second-order valence-corrected chi connectivity index (χ2v) is 5.06. The second-order valence-electron chi connectivity index (χ2n) is 5.06. The molecule has 0 aliphatic carbocycles. The van der Waals surface area contributed by atoms with Crippen molar-refractivity contribution in [3.63, 3.8) is 0 Å². The molecule has 1 aliphatic rings. The molecular formula is C14H24N2O. The SMILES string of the molecule is CCCC1CN(C(C)c2ccc(C)o2)CCN1. The van der Waals surface area contributed by atoms with Crippen molar-refractivity contribution in [2.45, 2.75) is 45.7 Å². The Morgan fingerprint density at radius 2 is 2.35 bits per heavy atom. The molecule has 2 heterocycles. The van der Waals surface area contributed by atoms with Gasteiger partial charge in [0.15, 0.2) is 0 Å². The van der Waals surface area contributed by atoms with Crippen molar-refractivity contribution in [3.8, 4) is 0 Å². The van der Waals surface area contributed by atoms with Crippen LogP contribution >= 0.6 is 0 Å². The summed E-state index contributed by atoms with van der Waals surface area (Å²) >= 11 is 0. The zero-order valence-electron chi connectivity index (χ0n) is 11.2. The fourth-order valence-corrected chi connectivity index (χ4v) is 2.60. The van der Waals surface area contributed by atoms with Crippen LogP contribution in [0.15, 0.2) is 16.5 Å². The van der Waals surface area contributed by atoms with E-state index in [4.69, 9.17) is 4.42 Å². The van der Waals surface area contributed by atoms with Crippen molar-refractivity contribution in [2.24, 2.45) is 0 Å². The monoisotopic (exact) mass is 236 g/mol. The molecule has 1 aliphatic heterocycles. The van der Waals surface area contributed by atoms with E-state index in [1.54, 1.807) is 0 Å². The first-order valence-electron chi connectivity index (χ1n) is 6.74. The first-order chi connectivity index (χ1) is 8.20. The van der Waals surface area contributed by atoms with Crippen LogP contribution < -0.4 is 5.32 Å². The molecule has 1 N–H and O–H groups in total. The number of hydrogen-bond acceptors (Lipinski definition) is 3. The molecule has 3 nitrogen and oxygen atoms in total. The maximum absolute atomic E-state index is 5.73. The van der Waals surface area contributed by atoms with Crippen molar-refractivity contribution >= 4 is 0 Å². The second kappa shape index (κ2) is 5.69. The lowest BCUT2D eigenvalue weighted by molar-refractivity contribution is 0.134. The largest absolute Gasteiger partial charge is 0.465 e. The standard InChI is InChI=1S/C14H24N2O/c1-4-5-13-10-16(9-8-15-13)12(3)14-7-6-11(2)17-14/h6-7,12-13,15H,4-5,8-10H2,1-3H3. The minimum atomic E-state index is 0.394. The molecule has 0 bridgehead atoms. The number of nitrogens with zero attached hydrogens (tertiary/aromatic N) is 1. The lowest BCUT2D eigenvalue weighted by Gasteiger charge is -2.36. The van der Waals surface area contributed by atoms with Gasteiger partial charge < -0.3 is 9.73 Å². The van der Waals surface area contributed by atoms with E-state index in [0.717, 1.165) is 31.2 Å². The minimum absolute atomic E-state index is 0.394. The summed E-state index contributed by atoms with van der Waals surface area (Å²) in [4.78, 5) is 2.52. The molecule has 1 fully saturated rings. The van der Waals surface area contributed by atoms with Crippen LogP contribution in [-0.4, -0.2) is 30.6 Å². The number of nitrogens with one attached hydrogen (secondary N) is 1. The predicted octanol–water partition coefficient (Wildman–Crippen LogP) is 2.72. The van der Waals surface area contributed by atoms with Crippen molar-refractivity contribution < 1.29 is 4.42 Å². The summed E-state index contributed by atoms with van der Waals surface area (Å²) < 4.78 is 5.73. The Morgan fingerprint density at radius 1 is 1.53 bits per heavy atom. The molecule has 0 spiro atoms. The Balaban J connectivity index is 1.97. The molecule has 2 rings (SSSR count). The molecule has 0 aromatic carbocycles. The number of aryl methyl sites for hydroxylation is 1. The van der Waals surface area contributed by atoms with E-state index in [1.165, 1.54) is 12.8 Å². The van der Waals surface area contributed by atoms with Crippen LogP contribution in [0.2, 0.25) is 0 Å². The number of piperazine rings is 1. The van der Waals surface area contributed by atoms with Crippen LogP contribution in [0.4, 0.5) is 0 Å². The highest BCUT2D eigenvalue weighted by Gasteiger charge is 2.24. The molecule has 2 atom stereocenters. The average molecular weight is 236 g/mol. The normalized spacial score (nSPS) is 23.8. The number of rotatable bonds is 4. The van der Waals surface area contributed by atoms with E-state index >= 15 is 0 Å². The molecule has 3 heteroatoms. The van der Waals surface area contributed by atoms with E-state index in [1.807, 2.05) is 6.92 Å². The third-order valence-corrected chi connectivity index (χ3v) is 3.64. The summed E-state index contributed by atoms with van der Waals surface area (Å²) in [6, 6.07) is 5.20. The van der Waals surface area contributed by atoms with Crippen molar-refractivity contribution in [1.82, 2.24) is 10.2 Å². The van der Waals surface area contributed by atoms with E-state index in [9.17, 15) is 0 Å². The molecule has 0 radical (unpaired) electrons. The topological polar surface area (TPSA) is 28.4 Å². The average Bonchev–Trinajstić information content (AvgIpc) is 2.76. The molecule has 17 heavy (non-hydrogen) atoms. The number of hydrogen-bond donors (Lipinski definition) is 1. The Hall–Kier alpha value is -0.800. The van der Waals surface area contributed by atoms with E-state index < -0.39 is 0 Å². The van der Waals surface area contributed by atoms with Gasteiger partial charge in [-0.1, -0.05) is 13.3 Å². The third kappa shape index (κ3) is 3.11. The Labute approximate surface area is 104 Å². The van der Waals surface area contributed by atoms with Crippen LogP contribution in [0.1, 0.15) is 44.3 Å². The molecular weight excluding hydrogens is 212 g/mol. The first kappa shape index (κ1) is 12.7. The zero-order chi connectivity index (χ0) is 12.3. The lowest BCUT2D eigenvalue weighted by Crippen LogP contribution is -2.51. The van der Waals surface area contributed by atoms with E-state index in [0.29, 0.717) is 12.1 Å². The van der Waals surface area contributed by atoms with Gasteiger partial charge in [-0.05, 0) is 32.4 Å². The molecule has 1 saturated heterocycles. The molecule has 0 saturated carbocycles. The highest BCUT2D eigenvalue weighted by molar-refractivity contribution is 5.09. The zero-order valence-corrected chi connectivity index (χ0v) is 11.2. The number of furan rings is 1. The van der Waals surface area contributed by atoms with Gasteiger partial charge in [-0.25, -0.2) is 0 Å². The molecule has 1 aromatic rings. The summed E-state index contributed by atoms with van der Waals surface area (Å²) in [6.07, 6.45) is 2.51. The summed E-state index contributed by atoms with van der Waals surface area (Å²) in [5.74, 6) is 2.10. The maximum Gasteiger partial charge on any atom is 0.121 e. The van der Waals surface area contributed by atoms with Crippen LogP contribution in [-0.2, 0) is 0 Å². The summed E-state index contributed by atoms with van der Waals surface area (Å²) in [7, 11) is 0. The van der Waals surface area contributed by atoms with Crippen LogP contribution in [0.5, 0.6) is 0 Å². The van der Waals surface area contributed by atoms with Gasteiger partial charge in [0.25, 0.3) is 0 Å². The highest BCUT2D eigenvalue weighted by Crippen LogP contribution is 2.23. The summed E-state index contributed by atoms with van der Waals surface area (Å²) in [5, 5.41) is 3.59. The highest BCUT2D eigenvalue weighted by atomic mass is 16.3. The van der Waals surface area contributed by atoms with E-state index in [2.05, 4.69) is 36.2 Å². The van der Waals surface area contributed by atoms with Gasteiger partial charge in [0.1, 0.15) is 11.5 Å². The Kier molecular flexibility index (Phi) is 4.24. The summed E-state index contributed by atoms with van der Waals surface area (Å²) in [6.45, 7) is 9.84. The van der Waals surface area contributed by atoms with Crippen molar-refractivity contribution in [2.75, 3.05) is 19.6 Å². The Bertz CT molecular complexity index is 346.